The molecule has 0 unspecified atom stereocenters. The Morgan fingerprint density at radius 2 is 2.04 bits per heavy atom. The molecule has 1 heterocycles. The van der Waals surface area contributed by atoms with Crippen LogP contribution in [0.2, 0.25) is 0 Å². The number of amides is 1. The molecule has 0 fully saturated rings. The van der Waals surface area contributed by atoms with E-state index in [1.807, 2.05) is 30.3 Å². The number of benzene rings is 2. The number of hydrogen-bond donors (Lipinski definition) is 2. The number of nitrogens with two attached hydrogens (primary N) is 1. The summed E-state index contributed by atoms with van der Waals surface area (Å²) in [6.07, 6.45) is 2.95. The van der Waals surface area contributed by atoms with E-state index in [9.17, 15) is 4.79 Å². The summed E-state index contributed by atoms with van der Waals surface area (Å²) in [5.41, 5.74) is 8.09. The molecule has 0 saturated heterocycles. The van der Waals surface area contributed by atoms with Crippen molar-refractivity contribution in [3.8, 4) is 17.1 Å². The highest BCUT2D eigenvalue weighted by Gasteiger charge is 2.17. The maximum atomic E-state index is 12.3. The standard InChI is InChI=1S/C18H17N3O3/c1-23-15-9-13(7-8-14(15)16-10-20-11-24-16)21-18(22)17(19)12-5-3-2-4-6-12/h2-11,17H,19H2,1H3,(H,21,22)/t17-/m1/s1. The Kier molecular flexibility index (Phi) is 4.58. The van der Waals surface area contributed by atoms with Gasteiger partial charge in [-0.25, -0.2) is 4.98 Å². The quantitative estimate of drug-likeness (QED) is 0.753. The first-order valence-electron chi connectivity index (χ1n) is 7.37. The molecule has 2 aromatic carbocycles. The molecule has 1 amide bonds. The first-order valence-corrected chi connectivity index (χ1v) is 7.37. The zero-order valence-corrected chi connectivity index (χ0v) is 13.1. The van der Waals surface area contributed by atoms with Crippen LogP contribution in [0, 0.1) is 0 Å². The van der Waals surface area contributed by atoms with Gasteiger partial charge in [0.2, 0.25) is 5.91 Å². The zero-order valence-electron chi connectivity index (χ0n) is 13.1. The fourth-order valence-corrected chi connectivity index (χ4v) is 2.35. The van der Waals surface area contributed by atoms with Crippen LogP contribution in [0.3, 0.4) is 0 Å². The fraction of sp³-hybridized carbons (Fsp3) is 0.111. The second-order valence-corrected chi connectivity index (χ2v) is 5.16. The molecule has 0 spiro atoms. The van der Waals surface area contributed by atoms with Crippen LogP contribution in [0.15, 0.2) is 65.5 Å². The zero-order chi connectivity index (χ0) is 16.9. The molecule has 0 radical (unpaired) electrons. The van der Waals surface area contributed by atoms with Crippen LogP contribution in [-0.4, -0.2) is 18.0 Å². The summed E-state index contributed by atoms with van der Waals surface area (Å²) in [5, 5.41) is 2.80. The van der Waals surface area contributed by atoms with E-state index < -0.39 is 6.04 Å². The van der Waals surface area contributed by atoms with E-state index >= 15 is 0 Å². The molecular formula is C18H17N3O3. The molecule has 3 rings (SSSR count). The number of aromatic nitrogens is 1. The van der Waals surface area contributed by atoms with Crippen molar-refractivity contribution in [1.29, 1.82) is 0 Å². The van der Waals surface area contributed by atoms with Gasteiger partial charge in [-0.05, 0) is 17.7 Å². The molecule has 0 aliphatic heterocycles. The summed E-state index contributed by atoms with van der Waals surface area (Å²) in [7, 11) is 1.55. The Morgan fingerprint density at radius 1 is 1.25 bits per heavy atom. The molecule has 0 bridgehead atoms. The van der Waals surface area contributed by atoms with E-state index in [1.54, 1.807) is 31.5 Å². The van der Waals surface area contributed by atoms with Crippen LogP contribution >= 0.6 is 0 Å². The normalized spacial score (nSPS) is 11.8. The van der Waals surface area contributed by atoms with Gasteiger partial charge in [0.15, 0.2) is 12.2 Å². The van der Waals surface area contributed by atoms with Crippen LogP contribution in [0.1, 0.15) is 11.6 Å². The number of nitrogens with one attached hydrogen (secondary N) is 1. The van der Waals surface area contributed by atoms with Gasteiger partial charge < -0.3 is 20.2 Å². The number of carbonyl (C=O) groups excluding carboxylic acids is 1. The minimum atomic E-state index is -0.744. The van der Waals surface area contributed by atoms with Crippen molar-refractivity contribution in [3.05, 3.63) is 66.7 Å². The average Bonchev–Trinajstić information content (AvgIpc) is 3.16. The smallest absolute Gasteiger partial charge is 0.245 e. The molecule has 1 aromatic heterocycles. The first-order chi connectivity index (χ1) is 11.7. The minimum Gasteiger partial charge on any atom is -0.496 e. The molecule has 3 N–H and O–H groups in total. The number of oxazole rings is 1. The van der Waals surface area contributed by atoms with Crippen LogP contribution < -0.4 is 15.8 Å². The number of methoxy groups -OCH3 is 1. The molecule has 0 aliphatic rings. The van der Waals surface area contributed by atoms with Crippen LogP contribution in [0.4, 0.5) is 5.69 Å². The number of rotatable bonds is 5. The predicted octanol–water partition coefficient (Wildman–Crippen LogP) is 2.99. The van der Waals surface area contributed by atoms with Crippen molar-refractivity contribution in [2.45, 2.75) is 6.04 Å². The van der Waals surface area contributed by atoms with E-state index in [4.69, 9.17) is 14.9 Å². The third-order valence-electron chi connectivity index (χ3n) is 3.61. The van der Waals surface area contributed by atoms with Gasteiger partial charge in [0.05, 0.1) is 18.9 Å². The number of nitrogens with zero attached hydrogens (tertiary/aromatic N) is 1. The highest BCUT2D eigenvalue weighted by atomic mass is 16.5. The van der Waals surface area contributed by atoms with Crippen LogP contribution in [0.25, 0.3) is 11.3 Å². The van der Waals surface area contributed by atoms with Gasteiger partial charge in [-0.3, -0.25) is 4.79 Å². The summed E-state index contributed by atoms with van der Waals surface area (Å²) < 4.78 is 10.6. The Hall–Kier alpha value is -3.12. The lowest BCUT2D eigenvalue weighted by atomic mass is 10.1. The second kappa shape index (κ2) is 6.97. The Balaban J connectivity index is 1.79. The number of hydrogen-bond acceptors (Lipinski definition) is 5. The van der Waals surface area contributed by atoms with E-state index in [2.05, 4.69) is 10.3 Å². The highest BCUT2D eigenvalue weighted by Crippen LogP contribution is 2.32. The van der Waals surface area contributed by atoms with Gasteiger partial charge in [0.1, 0.15) is 11.8 Å². The number of anilines is 1. The topological polar surface area (TPSA) is 90.4 Å². The molecule has 122 valence electrons. The molecule has 0 saturated carbocycles. The Bertz CT molecular complexity index is 817. The lowest BCUT2D eigenvalue weighted by molar-refractivity contribution is -0.117. The lowest BCUT2D eigenvalue weighted by Gasteiger charge is -2.14. The number of carbonyl (C=O) groups is 1. The summed E-state index contributed by atoms with van der Waals surface area (Å²) in [5.74, 6) is 0.860. The predicted molar refractivity (Wildman–Crippen MR) is 90.5 cm³/mol. The minimum absolute atomic E-state index is 0.296. The first kappa shape index (κ1) is 15.8. The van der Waals surface area contributed by atoms with Crippen LogP contribution in [0.5, 0.6) is 5.75 Å². The molecule has 6 nitrogen and oxygen atoms in total. The summed E-state index contributed by atoms with van der Waals surface area (Å²) in [4.78, 5) is 16.2. The van der Waals surface area contributed by atoms with Crippen molar-refractivity contribution in [1.82, 2.24) is 4.98 Å². The highest BCUT2D eigenvalue weighted by molar-refractivity contribution is 5.95. The SMILES string of the molecule is COc1cc(NC(=O)[C@H](N)c2ccccc2)ccc1-c1cnco1. The molecule has 1 atom stereocenters. The Labute approximate surface area is 139 Å². The number of ether oxygens (including phenoxy) is 1. The molecule has 0 aliphatic carbocycles. The second-order valence-electron chi connectivity index (χ2n) is 5.16. The van der Waals surface area contributed by atoms with Gasteiger partial charge in [0, 0.05) is 11.8 Å². The monoisotopic (exact) mass is 323 g/mol. The summed E-state index contributed by atoms with van der Waals surface area (Å²) >= 11 is 0. The summed E-state index contributed by atoms with van der Waals surface area (Å²) in [6.45, 7) is 0. The van der Waals surface area contributed by atoms with E-state index in [0.717, 1.165) is 11.1 Å². The molecule has 6 heteroatoms. The molecular weight excluding hydrogens is 306 g/mol. The third kappa shape index (κ3) is 3.28. The lowest BCUT2D eigenvalue weighted by Crippen LogP contribution is -2.27. The maximum absolute atomic E-state index is 12.3. The summed E-state index contributed by atoms with van der Waals surface area (Å²) in [6, 6.07) is 13.7. The van der Waals surface area contributed by atoms with E-state index in [1.165, 1.54) is 6.39 Å². The van der Waals surface area contributed by atoms with Gasteiger partial charge in [-0.2, -0.15) is 0 Å². The van der Waals surface area contributed by atoms with Crippen molar-refractivity contribution in [2.24, 2.45) is 5.73 Å². The average molecular weight is 323 g/mol. The third-order valence-corrected chi connectivity index (χ3v) is 3.61. The van der Waals surface area contributed by atoms with Gasteiger partial charge in [-0.15, -0.1) is 0 Å². The van der Waals surface area contributed by atoms with Crippen molar-refractivity contribution >= 4 is 11.6 Å². The fourth-order valence-electron chi connectivity index (χ4n) is 2.35. The van der Waals surface area contributed by atoms with Crippen molar-refractivity contribution < 1.29 is 13.9 Å². The van der Waals surface area contributed by atoms with Crippen molar-refractivity contribution in [2.75, 3.05) is 12.4 Å². The van der Waals surface area contributed by atoms with E-state index in [0.29, 0.717) is 17.2 Å². The largest absolute Gasteiger partial charge is 0.496 e. The molecule has 3 aromatic rings. The van der Waals surface area contributed by atoms with E-state index in [-0.39, 0.29) is 5.91 Å². The van der Waals surface area contributed by atoms with Gasteiger partial charge >= 0.3 is 0 Å². The van der Waals surface area contributed by atoms with Gasteiger partial charge in [0.25, 0.3) is 0 Å². The van der Waals surface area contributed by atoms with Gasteiger partial charge in [-0.1, -0.05) is 30.3 Å². The molecule has 24 heavy (non-hydrogen) atoms. The Morgan fingerprint density at radius 3 is 2.71 bits per heavy atom. The maximum Gasteiger partial charge on any atom is 0.245 e. The van der Waals surface area contributed by atoms with Crippen molar-refractivity contribution in [3.63, 3.8) is 0 Å². The van der Waals surface area contributed by atoms with Crippen LogP contribution in [-0.2, 0) is 4.79 Å².